The molecule has 3 fully saturated rings. The van der Waals surface area contributed by atoms with E-state index in [-0.39, 0.29) is 40.5 Å². The lowest BCUT2D eigenvalue weighted by Crippen LogP contribution is -2.53. The lowest BCUT2D eigenvalue weighted by atomic mass is 9.49. The number of methoxy groups -OCH3 is 1. The number of amides is 4. The van der Waals surface area contributed by atoms with Gasteiger partial charge in [-0.25, -0.2) is 0 Å². The molecule has 12 heteroatoms. The highest BCUT2D eigenvalue weighted by atomic mass is 35.5. The molecule has 0 aromatic heterocycles. The summed E-state index contributed by atoms with van der Waals surface area (Å²) in [5.74, 6) is -4.82. The SMILES string of the molecule is COc1ccc([C@@]23C(=O)N(Nc4ccc(Cl)cc4Cl)C(=O)[C@@H]2C[C@@H]2C(=CC[C@@H]4C(=O)N(C(C)(C)C)C(=O)[C@@H]42)[C@@H]3c2ccc(O)cc2Cl)cc1. The van der Waals surface area contributed by atoms with Crippen molar-refractivity contribution >= 4 is 64.1 Å². The Morgan fingerprint density at radius 1 is 0.878 bits per heavy atom. The molecule has 0 radical (unpaired) electrons. The molecule has 2 saturated heterocycles. The maximum Gasteiger partial charge on any atom is 0.260 e. The van der Waals surface area contributed by atoms with Gasteiger partial charge < -0.3 is 9.84 Å². The van der Waals surface area contributed by atoms with E-state index in [1.54, 1.807) is 42.5 Å². The Labute approximate surface area is 298 Å². The number of carbonyl (C=O) groups excluding carboxylic acids is 4. The molecule has 9 nitrogen and oxygen atoms in total. The van der Waals surface area contributed by atoms with Gasteiger partial charge in [0.2, 0.25) is 11.8 Å². The predicted octanol–water partition coefficient (Wildman–Crippen LogP) is 7.14. The van der Waals surface area contributed by atoms with E-state index in [1.165, 1.54) is 30.2 Å². The fourth-order valence-corrected chi connectivity index (χ4v) is 9.33. The van der Waals surface area contributed by atoms with Crippen LogP contribution in [-0.4, -0.2) is 51.3 Å². The molecule has 2 heterocycles. The highest BCUT2D eigenvalue weighted by Crippen LogP contribution is 2.65. The molecular weight excluding hydrogens is 689 g/mol. The number of fused-ring (bicyclic) bond motifs is 4. The van der Waals surface area contributed by atoms with Crippen LogP contribution in [0.5, 0.6) is 11.5 Å². The van der Waals surface area contributed by atoms with Gasteiger partial charge in [-0.05, 0) is 93.1 Å². The third-order valence-corrected chi connectivity index (χ3v) is 11.4. The molecule has 1 saturated carbocycles. The van der Waals surface area contributed by atoms with Crippen molar-refractivity contribution in [1.29, 1.82) is 0 Å². The number of phenols is 1. The maximum absolute atomic E-state index is 15.3. The predicted molar refractivity (Wildman–Crippen MR) is 185 cm³/mol. The third kappa shape index (κ3) is 4.95. The zero-order valence-electron chi connectivity index (χ0n) is 27.2. The van der Waals surface area contributed by atoms with Crippen molar-refractivity contribution in [2.45, 2.75) is 50.5 Å². The van der Waals surface area contributed by atoms with Gasteiger partial charge in [0.1, 0.15) is 11.5 Å². The van der Waals surface area contributed by atoms with Crippen molar-refractivity contribution in [2.24, 2.45) is 23.7 Å². The van der Waals surface area contributed by atoms with Crippen molar-refractivity contribution in [1.82, 2.24) is 9.91 Å². The van der Waals surface area contributed by atoms with Crippen molar-refractivity contribution < 1.29 is 29.0 Å². The van der Waals surface area contributed by atoms with E-state index in [4.69, 9.17) is 39.5 Å². The minimum absolute atomic E-state index is 0.0688. The lowest BCUT2D eigenvalue weighted by Gasteiger charge is -2.50. The number of anilines is 1. The number of rotatable bonds is 5. The smallest absolute Gasteiger partial charge is 0.260 e. The largest absolute Gasteiger partial charge is 0.508 e. The number of aromatic hydroxyl groups is 1. The van der Waals surface area contributed by atoms with Crippen LogP contribution in [-0.2, 0) is 24.6 Å². The molecule has 4 aliphatic rings. The van der Waals surface area contributed by atoms with Crippen molar-refractivity contribution in [3.63, 3.8) is 0 Å². The fraction of sp³-hybridized carbons (Fsp3) is 0.351. The van der Waals surface area contributed by atoms with Crippen molar-refractivity contribution in [3.8, 4) is 11.5 Å². The van der Waals surface area contributed by atoms with Crippen LogP contribution in [0.2, 0.25) is 15.1 Å². The van der Waals surface area contributed by atoms with Crippen LogP contribution in [0.3, 0.4) is 0 Å². The van der Waals surface area contributed by atoms with Gasteiger partial charge in [0.25, 0.3) is 11.8 Å². The Bertz CT molecular complexity index is 1960. The normalized spacial score (nSPS) is 27.9. The van der Waals surface area contributed by atoms with E-state index in [0.29, 0.717) is 27.6 Å². The Hall–Kier alpha value is -4.05. The van der Waals surface area contributed by atoms with E-state index < -0.39 is 52.4 Å². The van der Waals surface area contributed by atoms with Gasteiger partial charge in [-0.2, -0.15) is 5.01 Å². The van der Waals surface area contributed by atoms with Crippen LogP contribution in [0.25, 0.3) is 0 Å². The number of halogens is 3. The van der Waals surface area contributed by atoms with Gasteiger partial charge in [0.15, 0.2) is 0 Å². The molecule has 3 aromatic carbocycles. The number of imide groups is 2. The number of allylic oxidation sites excluding steroid dienone is 2. The minimum Gasteiger partial charge on any atom is -0.508 e. The molecular formula is C37H34Cl3N3O6. The van der Waals surface area contributed by atoms with Crippen LogP contribution >= 0.6 is 34.8 Å². The van der Waals surface area contributed by atoms with Gasteiger partial charge in [0.05, 0.1) is 41.0 Å². The van der Waals surface area contributed by atoms with E-state index in [0.717, 1.165) is 10.6 Å². The monoisotopic (exact) mass is 721 g/mol. The molecule has 0 unspecified atom stereocenters. The average Bonchev–Trinajstić information content (AvgIpc) is 3.43. The first kappa shape index (κ1) is 33.4. The van der Waals surface area contributed by atoms with Crippen molar-refractivity contribution in [3.05, 3.63) is 98.5 Å². The van der Waals surface area contributed by atoms with Gasteiger partial charge >= 0.3 is 0 Å². The summed E-state index contributed by atoms with van der Waals surface area (Å²) < 4.78 is 5.44. The summed E-state index contributed by atoms with van der Waals surface area (Å²) in [7, 11) is 1.54. The Morgan fingerprint density at radius 3 is 2.22 bits per heavy atom. The van der Waals surface area contributed by atoms with Crippen LogP contribution in [0.1, 0.15) is 50.7 Å². The van der Waals surface area contributed by atoms with Crippen LogP contribution < -0.4 is 10.2 Å². The minimum atomic E-state index is -1.56. The maximum atomic E-state index is 15.3. The molecule has 3 aromatic rings. The number of phenolic OH excluding ortho intramolecular Hbond substituents is 1. The quantitative estimate of drug-likeness (QED) is 0.212. The topological polar surface area (TPSA) is 116 Å². The highest BCUT2D eigenvalue weighted by molar-refractivity contribution is 6.36. The van der Waals surface area contributed by atoms with Crippen molar-refractivity contribution in [2.75, 3.05) is 12.5 Å². The standard InChI is InChI=1S/C37H34Cl3N3O6/c1-36(2,3)42-32(45)24-13-12-22-25(30(24)34(42)47)17-26-33(46)43(41-29-14-7-19(38)15-28(29)40)35(48)37(26,18-5-9-21(49-4)10-6-18)31(22)23-11-8-20(44)16-27(23)39/h5-12,14-16,24-26,30-31,41,44H,13,17H2,1-4H3/t24-,25+,26-,30-,31+,37+/m0/s1. The number of likely N-dealkylation sites (tertiary alicyclic amines) is 1. The Balaban J connectivity index is 1.47. The molecule has 2 aliphatic carbocycles. The third-order valence-electron chi connectivity index (χ3n) is 10.5. The lowest BCUT2D eigenvalue weighted by molar-refractivity contribution is -0.146. The number of hydrazine groups is 1. The van der Waals surface area contributed by atoms with Gasteiger partial charge in [-0.3, -0.25) is 29.5 Å². The average molecular weight is 723 g/mol. The van der Waals surface area contributed by atoms with Gasteiger partial charge in [-0.1, -0.05) is 64.7 Å². The number of hydrogen-bond acceptors (Lipinski definition) is 7. The van der Waals surface area contributed by atoms with Crippen LogP contribution in [0, 0.1) is 23.7 Å². The Kier molecular flexibility index (Phi) is 8.04. The van der Waals surface area contributed by atoms with E-state index in [2.05, 4.69) is 5.43 Å². The summed E-state index contributed by atoms with van der Waals surface area (Å²) >= 11 is 19.6. The number of nitrogens with one attached hydrogen (secondary N) is 1. The number of carbonyl (C=O) groups is 4. The molecule has 7 rings (SSSR count). The second-order valence-electron chi connectivity index (χ2n) is 14.1. The summed E-state index contributed by atoms with van der Waals surface area (Å²) in [6, 6.07) is 16.2. The zero-order chi connectivity index (χ0) is 35.2. The molecule has 0 spiro atoms. The molecule has 4 amide bonds. The number of nitrogens with zero attached hydrogens (tertiary/aromatic N) is 2. The van der Waals surface area contributed by atoms with Crippen LogP contribution in [0.15, 0.2) is 72.3 Å². The second-order valence-corrected chi connectivity index (χ2v) is 15.4. The molecule has 6 atom stereocenters. The number of benzene rings is 3. The fourth-order valence-electron chi connectivity index (χ4n) is 8.60. The number of ether oxygens (including phenoxy) is 1. The molecule has 49 heavy (non-hydrogen) atoms. The first-order valence-corrected chi connectivity index (χ1v) is 17.1. The summed E-state index contributed by atoms with van der Waals surface area (Å²) in [5, 5.41) is 12.2. The zero-order valence-corrected chi connectivity index (χ0v) is 29.4. The molecule has 2 aliphatic heterocycles. The van der Waals surface area contributed by atoms with E-state index in [1.807, 2.05) is 26.8 Å². The Morgan fingerprint density at radius 2 is 1.59 bits per heavy atom. The van der Waals surface area contributed by atoms with Gasteiger partial charge in [0, 0.05) is 21.5 Å². The van der Waals surface area contributed by atoms with E-state index in [9.17, 15) is 19.5 Å². The number of hydrogen-bond donors (Lipinski definition) is 2. The second kappa shape index (κ2) is 11.8. The first-order valence-electron chi connectivity index (χ1n) is 16.0. The molecule has 0 bridgehead atoms. The summed E-state index contributed by atoms with van der Waals surface area (Å²) in [5.41, 5.74) is 2.77. The molecule has 2 N–H and O–H groups in total. The summed E-state index contributed by atoms with van der Waals surface area (Å²) in [4.78, 5) is 59.4. The summed E-state index contributed by atoms with van der Waals surface area (Å²) in [6.07, 6.45) is 2.37. The first-order chi connectivity index (χ1) is 23.2. The molecule has 254 valence electrons. The highest BCUT2D eigenvalue weighted by Gasteiger charge is 2.70. The van der Waals surface area contributed by atoms with Gasteiger partial charge in [-0.15, -0.1) is 0 Å². The summed E-state index contributed by atoms with van der Waals surface area (Å²) in [6.45, 7) is 5.48. The van der Waals surface area contributed by atoms with Crippen LogP contribution in [0.4, 0.5) is 5.69 Å². The van der Waals surface area contributed by atoms with E-state index >= 15 is 4.79 Å².